The molecule has 0 aliphatic rings. The second-order valence-electron chi connectivity index (χ2n) is 4.29. The van der Waals surface area contributed by atoms with Crippen molar-refractivity contribution in [3.63, 3.8) is 0 Å². The highest BCUT2D eigenvalue weighted by Gasteiger charge is 2.09. The Morgan fingerprint density at radius 2 is 1.80 bits per heavy atom. The van der Waals surface area contributed by atoms with E-state index in [4.69, 9.17) is 4.74 Å². The second-order valence-corrected chi connectivity index (χ2v) is 4.29. The van der Waals surface area contributed by atoms with Crippen molar-refractivity contribution < 1.29 is 22.7 Å². The van der Waals surface area contributed by atoms with E-state index in [0.717, 1.165) is 12.5 Å². The largest absolute Gasteiger partial charge is 0.466 e. The molecule has 20 heavy (non-hydrogen) atoms. The zero-order chi connectivity index (χ0) is 15.0. The zero-order valence-corrected chi connectivity index (χ0v) is 11.3. The molecule has 0 aliphatic heterocycles. The van der Waals surface area contributed by atoms with Gasteiger partial charge in [-0.3, -0.25) is 4.79 Å². The molecule has 1 aromatic rings. The van der Waals surface area contributed by atoms with Gasteiger partial charge in [-0.1, -0.05) is 6.42 Å². The predicted molar refractivity (Wildman–Crippen MR) is 69.9 cm³/mol. The van der Waals surface area contributed by atoms with E-state index in [1.54, 1.807) is 6.92 Å². The molecule has 1 aromatic carbocycles. The van der Waals surface area contributed by atoms with Crippen molar-refractivity contribution in [1.82, 2.24) is 0 Å². The van der Waals surface area contributed by atoms with Crippen molar-refractivity contribution in [2.75, 3.05) is 18.5 Å². The summed E-state index contributed by atoms with van der Waals surface area (Å²) in [5.41, 5.74) is -0.0608. The molecular formula is C14H18F3NO2. The minimum atomic E-state index is -1.21. The third kappa shape index (κ3) is 5.50. The van der Waals surface area contributed by atoms with Gasteiger partial charge in [0.25, 0.3) is 0 Å². The number of esters is 1. The quantitative estimate of drug-likeness (QED) is 0.451. The van der Waals surface area contributed by atoms with Gasteiger partial charge in [-0.05, 0) is 19.8 Å². The first-order chi connectivity index (χ1) is 9.54. The molecule has 1 N–H and O–H groups in total. The lowest BCUT2D eigenvalue weighted by Crippen LogP contribution is -2.06. The average Bonchev–Trinajstić information content (AvgIpc) is 2.39. The Morgan fingerprint density at radius 1 is 1.10 bits per heavy atom. The summed E-state index contributed by atoms with van der Waals surface area (Å²) in [7, 11) is 0. The molecule has 0 heterocycles. The van der Waals surface area contributed by atoms with Crippen LogP contribution < -0.4 is 5.32 Å². The number of carbonyl (C=O) groups excluding carboxylic acids is 1. The Labute approximate surface area is 116 Å². The molecular weight excluding hydrogens is 271 g/mol. The average molecular weight is 289 g/mol. The van der Waals surface area contributed by atoms with E-state index in [9.17, 15) is 18.0 Å². The molecule has 0 amide bonds. The van der Waals surface area contributed by atoms with Crippen LogP contribution in [0.2, 0.25) is 0 Å². The summed E-state index contributed by atoms with van der Waals surface area (Å²) in [6.07, 6.45) is 2.49. The maximum absolute atomic E-state index is 13.3. The summed E-state index contributed by atoms with van der Waals surface area (Å²) >= 11 is 0. The van der Waals surface area contributed by atoms with Crippen molar-refractivity contribution in [2.45, 2.75) is 32.6 Å². The molecule has 1 rings (SSSR count). The number of halogens is 3. The summed E-state index contributed by atoms with van der Waals surface area (Å²) < 4.78 is 43.7. The first kappa shape index (κ1) is 16.3. The van der Waals surface area contributed by atoms with Crippen LogP contribution in [0.15, 0.2) is 12.1 Å². The smallest absolute Gasteiger partial charge is 0.305 e. The number of anilines is 1. The van der Waals surface area contributed by atoms with E-state index in [-0.39, 0.29) is 11.7 Å². The number of rotatable bonds is 8. The van der Waals surface area contributed by atoms with E-state index < -0.39 is 17.5 Å². The van der Waals surface area contributed by atoms with Crippen LogP contribution in [0.25, 0.3) is 0 Å². The Balaban J connectivity index is 2.22. The van der Waals surface area contributed by atoms with Gasteiger partial charge in [0.15, 0.2) is 11.6 Å². The molecule has 0 aliphatic carbocycles. The lowest BCUT2D eigenvalue weighted by atomic mass is 10.2. The van der Waals surface area contributed by atoms with Crippen molar-refractivity contribution in [1.29, 1.82) is 0 Å². The number of hydrogen-bond donors (Lipinski definition) is 1. The maximum Gasteiger partial charge on any atom is 0.305 e. The minimum absolute atomic E-state index is 0.0608. The zero-order valence-electron chi connectivity index (χ0n) is 11.3. The van der Waals surface area contributed by atoms with Crippen LogP contribution in [-0.2, 0) is 9.53 Å². The van der Waals surface area contributed by atoms with Crippen molar-refractivity contribution in [2.24, 2.45) is 0 Å². The van der Waals surface area contributed by atoms with Crippen molar-refractivity contribution in [3.8, 4) is 0 Å². The van der Waals surface area contributed by atoms with Crippen LogP contribution in [0.1, 0.15) is 32.6 Å². The molecule has 0 fully saturated rings. The van der Waals surface area contributed by atoms with E-state index in [1.807, 2.05) is 0 Å². The minimum Gasteiger partial charge on any atom is -0.466 e. The topological polar surface area (TPSA) is 38.3 Å². The van der Waals surface area contributed by atoms with Gasteiger partial charge in [-0.25, -0.2) is 13.2 Å². The lowest BCUT2D eigenvalue weighted by Gasteiger charge is -2.08. The molecule has 6 heteroatoms. The van der Waals surface area contributed by atoms with E-state index in [2.05, 4.69) is 5.32 Å². The fraction of sp³-hybridized carbons (Fsp3) is 0.500. The van der Waals surface area contributed by atoms with Crippen LogP contribution in [-0.4, -0.2) is 19.1 Å². The summed E-state index contributed by atoms with van der Waals surface area (Å²) in [6, 6.07) is 1.31. The SMILES string of the molecule is CCOC(=O)CCCCCNc1cc(F)c(F)cc1F. The van der Waals surface area contributed by atoms with Crippen LogP contribution in [0.3, 0.4) is 0 Å². The fourth-order valence-corrected chi connectivity index (χ4v) is 1.69. The van der Waals surface area contributed by atoms with Crippen LogP contribution in [0.4, 0.5) is 18.9 Å². The second kappa shape index (κ2) is 8.45. The summed E-state index contributed by atoms with van der Waals surface area (Å²) in [6.45, 7) is 2.54. The number of carbonyl (C=O) groups is 1. The van der Waals surface area contributed by atoms with Crippen LogP contribution in [0.5, 0.6) is 0 Å². The van der Waals surface area contributed by atoms with E-state index in [1.165, 1.54) is 0 Å². The highest BCUT2D eigenvalue weighted by atomic mass is 19.2. The normalized spacial score (nSPS) is 10.4. The highest BCUT2D eigenvalue weighted by molar-refractivity contribution is 5.69. The molecule has 112 valence electrons. The first-order valence-corrected chi connectivity index (χ1v) is 6.58. The molecule has 3 nitrogen and oxygen atoms in total. The third-order valence-corrected chi connectivity index (χ3v) is 2.69. The van der Waals surface area contributed by atoms with Crippen molar-refractivity contribution in [3.05, 3.63) is 29.6 Å². The van der Waals surface area contributed by atoms with Gasteiger partial charge in [0.2, 0.25) is 0 Å². The van der Waals surface area contributed by atoms with E-state index in [0.29, 0.717) is 38.5 Å². The monoisotopic (exact) mass is 289 g/mol. The first-order valence-electron chi connectivity index (χ1n) is 6.58. The van der Waals surface area contributed by atoms with Crippen molar-refractivity contribution >= 4 is 11.7 Å². The third-order valence-electron chi connectivity index (χ3n) is 2.69. The van der Waals surface area contributed by atoms with Gasteiger partial charge in [0.05, 0.1) is 12.3 Å². The molecule has 0 saturated carbocycles. The number of benzene rings is 1. The molecule has 0 aromatic heterocycles. The fourth-order valence-electron chi connectivity index (χ4n) is 1.69. The number of unbranched alkanes of at least 4 members (excludes halogenated alkanes) is 2. The van der Waals surface area contributed by atoms with Crippen LogP contribution in [0, 0.1) is 17.5 Å². The molecule has 0 unspecified atom stereocenters. The lowest BCUT2D eigenvalue weighted by molar-refractivity contribution is -0.143. The molecule has 0 spiro atoms. The maximum atomic E-state index is 13.3. The summed E-state index contributed by atoms with van der Waals surface area (Å²) in [5.74, 6) is -3.35. The van der Waals surface area contributed by atoms with Gasteiger partial charge in [0, 0.05) is 25.1 Å². The van der Waals surface area contributed by atoms with Gasteiger partial charge < -0.3 is 10.1 Å². The predicted octanol–water partition coefficient (Wildman–Crippen LogP) is 3.64. The molecule has 0 radical (unpaired) electrons. The van der Waals surface area contributed by atoms with E-state index >= 15 is 0 Å². The summed E-state index contributed by atoms with van der Waals surface area (Å²) in [5, 5.41) is 2.70. The van der Waals surface area contributed by atoms with Gasteiger partial charge in [0.1, 0.15) is 5.82 Å². The van der Waals surface area contributed by atoms with Crippen LogP contribution >= 0.6 is 0 Å². The Hall–Kier alpha value is -1.72. The summed E-state index contributed by atoms with van der Waals surface area (Å²) in [4.78, 5) is 11.0. The Bertz CT molecular complexity index is 452. The number of nitrogens with one attached hydrogen (secondary N) is 1. The number of ether oxygens (including phenoxy) is 1. The highest BCUT2D eigenvalue weighted by Crippen LogP contribution is 2.18. The van der Waals surface area contributed by atoms with Gasteiger partial charge >= 0.3 is 5.97 Å². The Morgan fingerprint density at radius 3 is 2.50 bits per heavy atom. The molecule has 0 atom stereocenters. The van der Waals surface area contributed by atoms with Gasteiger partial charge in [-0.15, -0.1) is 0 Å². The molecule has 0 bridgehead atoms. The number of hydrogen-bond acceptors (Lipinski definition) is 3. The standard InChI is InChI=1S/C14H18F3NO2/c1-2-20-14(19)6-4-3-5-7-18-13-9-11(16)10(15)8-12(13)17/h8-9,18H,2-7H2,1H3. The molecule has 0 saturated heterocycles. The Kier molecular flexibility index (Phi) is 6.90. The van der Waals surface area contributed by atoms with Gasteiger partial charge in [-0.2, -0.15) is 0 Å².